The summed E-state index contributed by atoms with van der Waals surface area (Å²) in [6.45, 7) is 3.82. The number of benzene rings is 2. The zero-order valence-corrected chi connectivity index (χ0v) is 15.6. The second-order valence-electron chi connectivity index (χ2n) is 6.42. The van der Waals surface area contributed by atoms with Crippen LogP contribution in [0.4, 0.5) is 24.5 Å². The van der Waals surface area contributed by atoms with E-state index in [0.717, 1.165) is 11.1 Å². The first kappa shape index (κ1) is 19.0. The molecule has 4 nitrogen and oxygen atoms in total. The summed E-state index contributed by atoms with van der Waals surface area (Å²) in [6.07, 6.45) is -3.20. The topological polar surface area (TPSA) is 53.3 Å². The van der Waals surface area contributed by atoms with Crippen molar-refractivity contribution in [2.24, 2.45) is 5.73 Å². The van der Waals surface area contributed by atoms with Crippen LogP contribution in [-0.4, -0.2) is 11.3 Å². The van der Waals surface area contributed by atoms with Gasteiger partial charge in [-0.1, -0.05) is 24.3 Å². The molecule has 1 heterocycles. The Balaban J connectivity index is 2.19. The van der Waals surface area contributed by atoms with Gasteiger partial charge in [0.1, 0.15) is 5.92 Å². The van der Waals surface area contributed by atoms with E-state index in [9.17, 15) is 13.2 Å². The lowest BCUT2D eigenvalue weighted by molar-refractivity contribution is -0.141. The predicted octanol–water partition coefficient (Wildman–Crippen LogP) is 4.28. The van der Waals surface area contributed by atoms with Crippen molar-refractivity contribution in [2.45, 2.75) is 25.9 Å². The van der Waals surface area contributed by atoms with Crippen molar-refractivity contribution in [1.82, 2.24) is 10.9 Å². The predicted molar refractivity (Wildman–Crippen MR) is 104 cm³/mol. The fourth-order valence-electron chi connectivity index (χ4n) is 3.40. The molecule has 0 bridgehead atoms. The standard InChI is InChI=1S/C19H19F3N4S/c1-11-7-12(2)9-13(8-11)26-15-6-4-3-5-14(15)17(19(20,21)22)16(26)10-24-25-18(23)27/h3-10,17,24H,1-2H3,(H3,23,25,27). The molecule has 2 aromatic carbocycles. The number of anilines is 2. The molecule has 0 fully saturated rings. The van der Waals surface area contributed by atoms with Crippen molar-refractivity contribution >= 4 is 28.7 Å². The SMILES string of the molecule is Cc1cc(C)cc(N2C(=CNNC(N)=S)C(C(F)(F)F)c3ccccc32)c1. The number of para-hydroxylation sites is 1. The molecule has 0 aromatic heterocycles. The van der Waals surface area contributed by atoms with E-state index in [0.29, 0.717) is 11.4 Å². The van der Waals surface area contributed by atoms with Gasteiger partial charge in [-0.2, -0.15) is 13.2 Å². The fraction of sp³-hybridized carbons (Fsp3) is 0.211. The molecule has 0 aliphatic carbocycles. The van der Waals surface area contributed by atoms with Crippen LogP contribution in [0.2, 0.25) is 0 Å². The van der Waals surface area contributed by atoms with Crippen LogP contribution in [0.25, 0.3) is 0 Å². The van der Waals surface area contributed by atoms with Crippen LogP contribution in [-0.2, 0) is 0 Å². The van der Waals surface area contributed by atoms with Crippen LogP contribution in [0.3, 0.4) is 0 Å². The van der Waals surface area contributed by atoms with E-state index >= 15 is 0 Å². The monoisotopic (exact) mass is 392 g/mol. The fourth-order valence-corrected chi connectivity index (χ4v) is 3.46. The molecule has 0 radical (unpaired) electrons. The number of nitrogens with zero attached hydrogens (tertiary/aromatic N) is 1. The number of aryl methyl sites for hydroxylation is 2. The molecule has 4 N–H and O–H groups in total. The smallest absolute Gasteiger partial charge is 0.375 e. The molecule has 0 saturated heterocycles. The lowest BCUT2D eigenvalue weighted by Crippen LogP contribution is -2.38. The van der Waals surface area contributed by atoms with Crippen molar-refractivity contribution in [2.75, 3.05) is 4.90 Å². The van der Waals surface area contributed by atoms with Crippen LogP contribution >= 0.6 is 12.2 Å². The second kappa shape index (κ2) is 7.11. The molecule has 27 heavy (non-hydrogen) atoms. The van der Waals surface area contributed by atoms with Gasteiger partial charge in [-0.3, -0.25) is 5.43 Å². The largest absolute Gasteiger partial charge is 0.401 e. The summed E-state index contributed by atoms with van der Waals surface area (Å²) in [6, 6.07) is 12.2. The highest BCUT2D eigenvalue weighted by molar-refractivity contribution is 7.80. The number of nitrogens with one attached hydrogen (secondary N) is 2. The van der Waals surface area contributed by atoms with Crippen molar-refractivity contribution in [3.8, 4) is 0 Å². The van der Waals surface area contributed by atoms with Crippen molar-refractivity contribution in [3.63, 3.8) is 0 Å². The molecule has 0 saturated carbocycles. The Hall–Kier alpha value is -2.74. The quantitative estimate of drug-likeness (QED) is 0.538. The molecule has 0 amide bonds. The van der Waals surface area contributed by atoms with Crippen LogP contribution < -0.4 is 21.5 Å². The van der Waals surface area contributed by atoms with Gasteiger partial charge in [-0.25, -0.2) is 0 Å². The lowest BCUT2D eigenvalue weighted by Gasteiger charge is -2.25. The molecule has 1 atom stereocenters. The highest BCUT2D eigenvalue weighted by Crippen LogP contribution is 2.53. The van der Waals surface area contributed by atoms with Gasteiger partial charge >= 0.3 is 6.18 Å². The summed E-state index contributed by atoms with van der Waals surface area (Å²) in [4.78, 5) is 1.61. The van der Waals surface area contributed by atoms with E-state index < -0.39 is 12.1 Å². The van der Waals surface area contributed by atoms with Gasteiger partial charge in [-0.15, -0.1) is 0 Å². The molecule has 142 valence electrons. The summed E-state index contributed by atoms with van der Waals surface area (Å²) in [5, 5.41) is -0.0659. The van der Waals surface area contributed by atoms with Gasteiger partial charge in [0.2, 0.25) is 0 Å². The Labute approximate surface area is 160 Å². The van der Waals surface area contributed by atoms with Gasteiger partial charge in [0.25, 0.3) is 0 Å². The molecule has 1 aliphatic rings. The Kier molecular flexibility index (Phi) is 5.01. The highest BCUT2D eigenvalue weighted by Gasteiger charge is 2.50. The van der Waals surface area contributed by atoms with E-state index in [1.807, 2.05) is 32.0 Å². The van der Waals surface area contributed by atoms with Gasteiger partial charge in [0.15, 0.2) is 5.11 Å². The van der Waals surface area contributed by atoms with Crippen molar-refractivity contribution in [1.29, 1.82) is 0 Å². The molecule has 3 rings (SSSR count). The first-order valence-corrected chi connectivity index (χ1v) is 8.64. The number of hydrogen-bond donors (Lipinski definition) is 3. The number of allylic oxidation sites excluding steroid dienone is 1. The minimum atomic E-state index is -4.46. The van der Waals surface area contributed by atoms with Gasteiger partial charge in [0, 0.05) is 11.9 Å². The summed E-state index contributed by atoms with van der Waals surface area (Å²) in [7, 11) is 0. The molecule has 2 aromatic rings. The number of hydrazine groups is 1. The zero-order chi connectivity index (χ0) is 19.8. The number of hydrogen-bond acceptors (Lipinski definition) is 3. The number of nitrogens with two attached hydrogens (primary N) is 1. The van der Waals surface area contributed by atoms with E-state index in [1.54, 1.807) is 23.1 Å². The molecular weight excluding hydrogens is 373 g/mol. The van der Waals surface area contributed by atoms with Crippen molar-refractivity contribution in [3.05, 3.63) is 71.1 Å². The molecule has 8 heteroatoms. The minimum Gasteiger partial charge on any atom is -0.375 e. The molecule has 1 aliphatic heterocycles. The summed E-state index contributed by atoms with van der Waals surface area (Å²) >= 11 is 4.70. The Bertz CT molecular complexity index is 888. The number of thiocarbonyl (C=S) groups is 1. The number of fused-ring (bicyclic) bond motifs is 1. The number of alkyl halides is 3. The summed E-state index contributed by atoms with van der Waals surface area (Å²) in [5.41, 5.74) is 13.7. The first-order chi connectivity index (χ1) is 12.7. The molecule has 1 unspecified atom stereocenters. The average Bonchev–Trinajstić information content (AvgIpc) is 2.87. The van der Waals surface area contributed by atoms with E-state index in [-0.39, 0.29) is 16.4 Å². The van der Waals surface area contributed by atoms with Crippen LogP contribution in [0.15, 0.2) is 54.4 Å². The Morgan fingerprint density at radius 1 is 1.15 bits per heavy atom. The maximum absolute atomic E-state index is 14.0. The maximum atomic E-state index is 14.0. The normalized spacial score (nSPS) is 17.7. The lowest BCUT2D eigenvalue weighted by atomic mass is 9.98. The van der Waals surface area contributed by atoms with E-state index in [2.05, 4.69) is 10.9 Å². The Morgan fingerprint density at radius 3 is 2.37 bits per heavy atom. The van der Waals surface area contributed by atoms with Gasteiger partial charge in [-0.05, 0) is 61.0 Å². The average molecular weight is 392 g/mol. The third-order valence-corrected chi connectivity index (χ3v) is 4.35. The van der Waals surface area contributed by atoms with Crippen LogP contribution in [0.1, 0.15) is 22.6 Å². The zero-order valence-electron chi connectivity index (χ0n) is 14.8. The van der Waals surface area contributed by atoms with Crippen molar-refractivity contribution < 1.29 is 13.2 Å². The highest BCUT2D eigenvalue weighted by atomic mass is 32.1. The van der Waals surface area contributed by atoms with E-state index in [1.165, 1.54) is 12.3 Å². The van der Waals surface area contributed by atoms with Crippen LogP contribution in [0.5, 0.6) is 0 Å². The molecule has 0 spiro atoms. The van der Waals surface area contributed by atoms with Gasteiger partial charge in [0.05, 0.1) is 11.4 Å². The number of halogens is 3. The maximum Gasteiger partial charge on any atom is 0.401 e. The molecular formula is C19H19F3N4S. The summed E-state index contributed by atoms with van der Waals surface area (Å²) in [5.74, 6) is -1.77. The second-order valence-corrected chi connectivity index (χ2v) is 6.86. The third kappa shape index (κ3) is 3.85. The number of rotatable bonds is 3. The van der Waals surface area contributed by atoms with Gasteiger partial charge < -0.3 is 16.1 Å². The minimum absolute atomic E-state index is 0.0393. The first-order valence-electron chi connectivity index (χ1n) is 8.23. The van der Waals surface area contributed by atoms with Crippen LogP contribution in [0, 0.1) is 13.8 Å². The third-order valence-electron chi connectivity index (χ3n) is 4.25. The Morgan fingerprint density at radius 2 is 1.78 bits per heavy atom. The van der Waals surface area contributed by atoms with E-state index in [4.69, 9.17) is 18.0 Å². The summed E-state index contributed by atoms with van der Waals surface area (Å²) < 4.78 is 41.9.